The molecule has 0 radical (unpaired) electrons. The molecule has 9 heteroatoms. The molecule has 0 aromatic carbocycles. The normalized spacial score (nSPS) is 15.9. The molecule has 146 valence electrons. The van der Waals surface area contributed by atoms with Gasteiger partial charge in [0.1, 0.15) is 17.5 Å². The largest absolute Gasteiger partial charge is 0.382 e. The number of nitrogens with one attached hydrogen (secondary N) is 1. The van der Waals surface area contributed by atoms with E-state index in [0.717, 1.165) is 0 Å². The summed E-state index contributed by atoms with van der Waals surface area (Å²) < 4.78 is 15.8. The van der Waals surface area contributed by atoms with Gasteiger partial charge in [-0.3, -0.25) is 13.9 Å². The van der Waals surface area contributed by atoms with E-state index in [1.54, 1.807) is 29.4 Å². The van der Waals surface area contributed by atoms with Crippen molar-refractivity contribution in [2.24, 2.45) is 0 Å². The van der Waals surface area contributed by atoms with Crippen LogP contribution in [0, 0.1) is 11.3 Å². The molecule has 0 aromatic rings. The van der Waals surface area contributed by atoms with Gasteiger partial charge in [-0.2, -0.15) is 5.26 Å². The van der Waals surface area contributed by atoms with Gasteiger partial charge >= 0.3 is 0 Å². The Bertz CT molecular complexity index is 751. The zero-order valence-corrected chi connectivity index (χ0v) is 18.6. The second kappa shape index (κ2) is 12.3. The maximum absolute atomic E-state index is 14.1. The minimum absolute atomic E-state index is 0.00149. The lowest BCUT2D eigenvalue weighted by Gasteiger charge is -2.16. The number of ketones is 1. The topological polar surface area (TPSA) is 76.4 Å². The van der Waals surface area contributed by atoms with Crippen LogP contribution in [0.5, 0.6) is 0 Å². The van der Waals surface area contributed by atoms with Crippen molar-refractivity contribution in [3.05, 3.63) is 59.9 Å². The summed E-state index contributed by atoms with van der Waals surface area (Å²) in [6, 6.07) is 1.89. The molecule has 0 unspecified atom stereocenters. The Labute approximate surface area is 175 Å². The summed E-state index contributed by atoms with van der Waals surface area (Å²) in [5.41, 5.74) is 0.979. The first-order valence-corrected chi connectivity index (χ1v) is 11.0. The molecule has 1 rings (SSSR count). The van der Waals surface area contributed by atoms with E-state index in [1.165, 1.54) is 35.2 Å². The third kappa shape index (κ3) is 8.01. The molecule has 0 atom stereocenters. The Morgan fingerprint density at radius 3 is 2.48 bits per heavy atom. The number of amides is 1. The summed E-state index contributed by atoms with van der Waals surface area (Å²) in [6.07, 6.45) is 4.27. The highest BCUT2D eigenvalue weighted by molar-refractivity contribution is 14.2. The van der Waals surface area contributed by atoms with Gasteiger partial charge in [-0.05, 0) is 24.6 Å². The molecule has 0 fully saturated rings. The highest BCUT2D eigenvalue weighted by Gasteiger charge is 2.27. The lowest BCUT2D eigenvalue weighted by atomic mass is 10.1. The fourth-order valence-electron chi connectivity index (χ4n) is 2.00. The summed E-state index contributed by atoms with van der Waals surface area (Å²) >= 11 is 2.02. The molecule has 1 amide bonds. The average Bonchev–Trinajstić information content (AvgIpc) is 3.02. The summed E-state index contributed by atoms with van der Waals surface area (Å²) in [5.74, 6) is -1.37. The van der Waals surface area contributed by atoms with Gasteiger partial charge in [-0.25, -0.2) is 4.39 Å². The summed E-state index contributed by atoms with van der Waals surface area (Å²) in [7, 11) is 4.71. The number of allylic oxidation sites excluding steroid dienone is 4. The smallest absolute Gasteiger partial charge is 0.221 e. The third-order valence-electron chi connectivity index (χ3n) is 3.02. The van der Waals surface area contributed by atoms with Crippen LogP contribution in [-0.2, 0) is 9.59 Å². The Hall–Kier alpha value is -2.06. The van der Waals surface area contributed by atoms with E-state index in [2.05, 4.69) is 18.5 Å². The molecular weight excluding hydrogens is 482 g/mol. The third-order valence-corrected chi connectivity index (χ3v) is 4.94. The van der Waals surface area contributed by atoms with Gasteiger partial charge in [-0.15, -0.1) is 13.2 Å². The van der Waals surface area contributed by atoms with Crippen LogP contribution < -0.4 is 5.32 Å². The van der Waals surface area contributed by atoms with E-state index >= 15 is 0 Å². The van der Waals surface area contributed by atoms with Crippen LogP contribution in [0.3, 0.4) is 0 Å². The van der Waals surface area contributed by atoms with Crippen LogP contribution in [-0.4, -0.2) is 41.5 Å². The standard InChI is InChI=1S/C16H18FIN4O2S.C2H4/c1-10(20-11(2)23)14(17)5-12-6-15(22(8-12)25-18)16(24)13(7-19)9-21(3)4;1-2/h5-6,9H,8H2,1-4H3,(H,20,23);1-2H2/b12-5-,13-9+,14-10-;. The monoisotopic (exact) mass is 504 g/mol. The highest BCUT2D eigenvalue weighted by Crippen LogP contribution is 2.33. The van der Waals surface area contributed by atoms with Crippen molar-refractivity contribution in [2.45, 2.75) is 13.8 Å². The SMILES string of the molecule is C=C.CC(=O)N/C(C)=C(F)/C=C1/C=C(C(=O)/C(C#N)=C/N(C)C)N(SI)C1. The van der Waals surface area contributed by atoms with E-state index in [9.17, 15) is 19.2 Å². The summed E-state index contributed by atoms with van der Waals surface area (Å²) in [5, 5.41) is 11.6. The zero-order chi connectivity index (χ0) is 21.1. The van der Waals surface area contributed by atoms with Crippen molar-refractivity contribution in [1.82, 2.24) is 14.5 Å². The lowest BCUT2D eigenvalue weighted by Crippen LogP contribution is -2.19. The Balaban J connectivity index is 0.00000326. The van der Waals surface area contributed by atoms with Crippen molar-refractivity contribution in [3.8, 4) is 6.07 Å². The molecule has 0 aliphatic carbocycles. The molecule has 1 aliphatic rings. The maximum atomic E-state index is 14.1. The van der Waals surface area contributed by atoms with E-state index in [-0.39, 0.29) is 17.2 Å². The number of Topliss-reactive ketones (excluding diaryl/α,β-unsaturated/α-hetero) is 1. The zero-order valence-electron chi connectivity index (χ0n) is 15.7. The molecule has 0 spiro atoms. The molecule has 6 nitrogen and oxygen atoms in total. The highest BCUT2D eigenvalue weighted by atomic mass is 127. The minimum atomic E-state index is -0.585. The van der Waals surface area contributed by atoms with Gasteiger partial charge in [0.25, 0.3) is 0 Å². The fraction of sp³-hybridized carbons (Fsp3) is 0.278. The predicted molar refractivity (Wildman–Crippen MR) is 116 cm³/mol. The van der Waals surface area contributed by atoms with Crippen LogP contribution in [0.2, 0.25) is 0 Å². The fourth-order valence-corrected chi connectivity index (χ4v) is 3.46. The van der Waals surface area contributed by atoms with Crippen molar-refractivity contribution in [2.75, 3.05) is 20.6 Å². The molecule has 1 heterocycles. The van der Waals surface area contributed by atoms with Crippen LogP contribution >= 0.6 is 30.3 Å². The van der Waals surface area contributed by atoms with Gasteiger partial charge in [0.15, 0.2) is 0 Å². The first-order valence-electron chi connectivity index (χ1n) is 7.65. The number of halogens is 2. The summed E-state index contributed by atoms with van der Waals surface area (Å²) in [6.45, 7) is 9.07. The number of nitrogens with zero attached hydrogens (tertiary/aromatic N) is 3. The average molecular weight is 504 g/mol. The maximum Gasteiger partial charge on any atom is 0.221 e. The lowest BCUT2D eigenvalue weighted by molar-refractivity contribution is -0.118. The first-order chi connectivity index (χ1) is 12.7. The number of carbonyl (C=O) groups is 2. The van der Waals surface area contributed by atoms with Crippen molar-refractivity contribution in [1.29, 1.82) is 5.26 Å². The van der Waals surface area contributed by atoms with E-state index in [4.69, 9.17) is 0 Å². The molecule has 0 saturated heterocycles. The molecule has 1 N–H and O–H groups in total. The molecule has 0 saturated carbocycles. The molecule has 1 aliphatic heterocycles. The van der Waals surface area contributed by atoms with Crippen molar-refractivity contribution < 1.29 is 14.0 Å². The molecule has 0 aromatic heterocycles. The van der Waals surface area contributed by atoms with Gasteiger partial charge in [0.2, 0.25) is 11.7 Å². The summed E-state index contributed by atoms with van der Waals surface area (Å²) in [4.78, 5) is 25.2. The van der Waals surface area contributed by atoms with Crippen molar-refractivity contribution >= 4 is 42.0 Å². The van der Waals surface area contributed by atoms with Gasteiger partial charge in [0.05, 0.1) is 17.9 Å². The van der Waals surface area contributed by atoms with Crippen molar-refractivity contribution in [3.63, 3.8) is 0 Å². The number of carbonyl (C=O) groups excluding carboxylic acids is 2. The second-order valence-corrected chi connectivity index (χ2v) is 7.22. The minimum Gasteiger partial charge on any atom is -0.382 e. The van der Waals surface area contributed by atoms with E-state index < -0.39 is 11.6 Å². The van der Waals surface area contributed by atoms with E-state index in [1.807, 2.05) is 27.3 Å². The van der Waals surface area contributed by atoms with Crippen LogP contribution in [0.4, 0.5) is 4.39 Å². The number of hydrogen-bond acceptors (Lipinski definition) is 6. The van der Waals surface area contributed by atoms with Gasteiger partial charge < -0.3 is 10.2 Å². The number of rotatable bonds is 6. The van der Waals surface area contributed by atoms with Crippen LogP contribution in [0.15, 0.2) is 59.9 Å². The van der Waals surface area contributed by atoms with E-state index in [0.29, 0.717) is 17.8 Å². The first kappa shape index (κ1) is 24.9. The van der Waals surface area contributed by atoms with Crippen LogP contribution in [0.25, 0.3) is 0 Å². The molecular formula is C18H22FIN4O2S. The van der Waals surface area contributed by atoms with Gasteiger partial charge in [0, 0.05) is 57.5 Å². The number of hydrogen-bond donors (Lipinski definition) is 1. The molecule has 0 bridgehead atoms. The van der Waals surface area contributed by atoms with Crippen LogP contribution in [0.1, 0.15) is 13.8 Å². The Kier molecular flexibility index (Phi) is 11.4. The second-order valence-electron chi connectivity index (χ2n) is 5.46. The quantitative estimate of drug-likeness (QED) is 0.195. The Morgan fingerprint density at radius 2 is 2.04 bits per heavy atom. The Morgan fingerprint density at radius 1 is 1.44 bits per heavy atom. The number of nitriles is 1. The molecule has 27 heavy (non-hydrogen) atoms. The van der Waals surface area contributed by atoms with Gasteiger partial charge in [-0.1, -0.05) is 0 Å². The predicted octanol–water partition coefficient (Wildman–Crippen LogP) is 3.79.